The van der Waals surface area contributed by atoms with Crippen molar-refractivity contribution in [3.63, 3.8) is 0 Å². The van der Waals surface area contributed by atoms with Crippen LogP contribution in [0, 0.1) is 6.92 Å². The zero-order valence-corrected chi connectivity index (χ0v) is 22.1. The van der Waals surface area contributed by atoms with E-state index in [0.717, 1.165) is 50.7 Å². The molecule has 0 amide bonds. The summed E-state index contributed by atoms with van der Waals surface area (Å²) in [5.41, 5.74) is 5.07. The molecule has 3 atom stereocenters. The first-order valence-electron chi connectivity index (χ1n) is 14.1. The Balaban J connectivity index is 1.23. The fourth-order valence-corrected chi connectivity index (χ4v) is 7.02. The first kappa shape index (κ1) is 23.2. The lowest BCUT2D eigenvalue weighted by Crippen LogP contribution is -2.52. The molecule has 2 bridgehead atoms. The zero-order chi connectivity index (χ0) is 24.9. The lowest BCUT2D eigenvalue weighted by atomic mass is 9.99. The van der Waals surface area contributed by atoms with Gasteiger partial charge in [0.15, 0.2) is 0 Å². The van der Waals surface area contributed by atoms with Crippen molar-refractivity contribution in [2.45, 2.75) is 63.7 Å². The van der Waals surface area contributed by atoms with E-state index in [4.69, 9.17) is 14.7 Å². The number of ether oxygens (including phenoxy) is 1. The molecule has 4 aliphatic heterocycles. The van der Waals surface area contributed by atoms with Crippen LogP contribution in [0.4, 0.5) is 11.5 Å². The van der Waals surface area contributed by atoms with Crippen LogP contribution in [0.5, 0.6) is 6.01 Å². The quantitative estimate of drug-likeness (QED) is 0.572. The van der Waals surface area contributed by atoms with Gasteiger partial charge in [-0.3, -0.25) is 0 Å². The lowest BCUT2D eigenvalue weighted by molar-refractivity contribution is 0.187. The van der Waals surface area contributed by atoms with Crippen molar-refractivity contribution in [1.29, 1.82) is 0 Å². The fourth-order valence-electron chi connectivity index (χ4n) is 7.02. The van der Waals surface area contributed by atoms with Gasteiger partial charge in [0.1, 0.15) is 12.4 Å². The number of hydrogen-bond acceptors (Lipinski definition) is 7. The number of hydrogen-bond donors (Lipinski definition) is 1. The highest BCUT2D eigenvalue weighted by molar-refractivity contribution is 5.97. The Morgan fingerprint density at radius 1 is 0.973 bits per heavy atom. The van der Waals surface area contributed by atoms with Gasteiger partial charge in [-0.15, -0.1) is 0 Å². The van der Waals surface area contributed by atoms with Gasteiger partial charge in [-0.05, 0) is 69.6 Å². The second-order valence-corrected chi connectivity index (χ2v) is 11.5. The van der Waals surface area contributed by atoms with Gasteiger partial charge in [-0.25, -0.2) is 0 Å². The maximum atomic E-state index is 6.33. The lowest BCUT2D eigenvalue weighted by Gasteiger charge is -2.37. The summed E-state index contributed by atoms with van der Waals surface area (Å²) in [6.07, 6.45) is 5.91. The van der Waals surface area contributed by atoms with E-state index >= 15 is 0 Å². The summed E-state index contributed by atoms with van der Waals surface area (Å²) in [6, 6.07) is 15.4. The molecule has 7 rings (SSSR count). The number of likely N-dealkylation sites (tertiary alicyclic amines) is 1. The highest BCUT2D eigenvalue weighted by atomic mass is 16.5. The maximum absolute atomic E-state index is 6.33. The Hall–Kier alpha value is -2.90. The van der Waals surface area contributed by atoms with Gasteiger partial charge < -0.3 is 24.8 Å². The molecule has 7 heteroatoms. The molecule has 1 aromatic heterocycles. The minimum Gasteiger partial charge on any atom is -0.462 e. The third-order valence-electron chi connectivity index (χ3n) is 9.05. The van der Waals surface area contributed by atoms with Crippen LogP contribution >= 0.6 is 0 Å². The summed E-state index contributed by atoms with van der Waals surface area (Å²) in [5.74, 6) is 1.12. The first-order valence-corrected chi connectivity index (χ1v) is 14.1. The molecular formula is C30H38N6O. The molecule has 0 saturated carbocycles. The molecule has 3 aromatic rings. The molecule has 0 aliphatic carbocycles. The molecule has 3 fully saturated rings. The second kappa shape index (κ2) is 9.44. The van der Waals surface area contributed by atoms with Crippen LogP contribution in [0.25, 0.3) is 10.8 Å². The number of fused-ring (bicyclic) bond motifs is 4. The Bertz CT molecular complexity index is 1290. The van der Waals surface area contributed by atoms with Gasteiger partial charge in [-0.2, -0.15) is 9.97 Å². The third-order valence-corrected chi connectivity index (χ3v) is 9.05. The van der Waals surface area contributed by atoms with Crippen molar-refractivity contribution in [3.05, 3.63) is 53.2 Å². The zero-order valence-electron chi connectivity index (χ0n) is 22.1. The van der Waals surface area contributed by atoms with Gasteiger partial charge in [-0.1, -0.05) is 30.3 Å². The summed E-state index contributed by atoms with van der Waals surface area (Å²) < 4.78 is 6.33. The predicted octanol–water partition coefficient (Wildman–Crippen LogP) is 3.91. The molecule has 0 spiro atoms. The van der Waals surface area contributed by atoms with E-state index in [1.807, 2.05) is 0 Å². The molecule has 1 N–H and O–H groups in total. The van der Waals surface area contributed by atoms with E-state index < -0.39 is 0 Å². The van der Waals surface area contributed by atoms with Crippen molar-refractivity contribution in [3.8, 4) is 6.01 Å². The summed E-state index contributed by atoms with van der Waals surface area (Å²) >= 11 is 0. The molecular weight excluding hydrogens is 460 g/mol. The number of rotatable bonds is 5. The van der Waals surface area contributed by atoms with Crippen LogP contribution in [0.3, 0.4) is 0 Å². The molecule has 3 saturated heterocycles. The van der Waals surface area contributed by atoms with Crippen LogP contribution in [-0.4, -0.2) is 72.8 Å². The molecule has 4 aliphatic rings. The van der Waals surface area contributed by atoms with Crippen molar-refractivity contribution < 1.29 is 4.74 Å². The molecule has 194 valence electrons. The van der Waals surface area contributed by atoms with E-state index in [1.54, 1.807) is 0 Å². The number of piperazine rings is 1. The number of likely N-dealkylation sites (N-methyl/N-ethyl adjacent to an activating group) is 1. The largest absolute Gasteiger partial charge is 0.462 e. The van der Waals surface area contributed by atoms with E-state index in [0.29, 0.717) is 30.7 Å². The molecule has 7 nitrogen and oxygen atoms in total. The normalized spacial score (nSPS) is 25.6. The smallest absolute Gasteiger partial charge is 0.318 e. The number of nitrogens with zero attached hydrogens (tertiary/aromatic N) is 5. The monoisotopic (exact) mass is 498 g/mol. The summed E-state index contributed by atoms with van der Waals surface area (Å²) in [6.45, 7) is 7.84. The van der Waals surface area contributed by atoms with Crippen LogP contribution in [0.2, 0.25) is 0 Å². The number of aromatic nitrogens is 2. The second-order valence-electron chi connectivity index (χ2n) is 11.5. The van der Waals surface area contributed by atoms with Gasteiger partial charge in [0.25, 0.3) is 0 Å². The van der Waals surface area contributed by atoms with Crippen LogP contribution in [0.15, 0.2) is 36.4 Å². The average molecular weight is 499 g/mol. The Kier molecular flexibility index (Phi) is 5.93. The number of nitrogens with one attached hydrogen (secondary N) is 1. The molecule has 37 heavy (non-hydrogen) atoms. The van der Waals surface area contributed by atoms with Crippen LogP contribution in [-0.2, 0) is 13.0 Å². The van der Waals surface area contributed by atoms with Crippen molar-refractivity contribution in [2.24, 2.45) is 0 Å². The SMILES string of the molecule is Cc1cccc2cccc(N3CCc4c(nc(OCC5CCCN5C)nc4N4CC5CCC(C4)N5)C3)c12. The third kappa shape index (κ3) is 4.32. The number of aryl methyl sites for hydroxylation is 1. The van der Waals surface area contributed by atoms with Crippen LogP contribution < -0.4 is 19.9 Å². The minimum absolute atomic E-state index is 0.452. The van der Waals surface area contributed by atoms with Crippen molar-refractivity contribution >= 4 is 22.3 Å². The number of anilines is 2. The Morgan fingerprint density at radius 2 is 1.78 bits per heavy atom. The highest BCUT2D eigenvalue weighted by Gasteiger charge is 2.35. The standard InChI is InChI=1S/C30H38N6O/c1-20-6-3-7-21-8-4-10-27(28(20)21)35-15-13-25-26(18-35)32-30(37-19-24-9-5-14-34(24)2)33-29(25)36-16-22-11-12-23(17-36)31-22/h3-4,6-8,10,22-24,31H,5,9,11-19H2,1-2H3. The van der Waals surface area contributed by atoms with E-state index in [2.05, 4.69) is 70.4 Å². The molecule has 0 radical (unpaired) electrons. The van der Waals surface area contributed by atoms with Gasteiger partial charge in [0.05, 0.1) is 12.2 Å². The Morgan fingerprint density at radius 3 is 2.57 bits per heavy atom. The minimum atomic E-state index is 0.452. The van der Waals surface area contributed by atoms with Crippen LogP contribution in [0.1, 0.15) is 42.5 Å². The Labute approximate surface area is 219 Å². The van der Waals surface area contributed by atoms with E-state index in [1.165, 1.54) is 53.3 Å². The van der Waals surface area contributed by atoms with E-state index in [9.17, 15) is 0 Å². The molecule has 3 unspecified atom stereocenters. The van der Waals surface area contributed by atoms with Crippen molar-refractivity contribution in [2.75, 3.05) is 49.6 Å². The first-order chi connectivity index (χ1) is 18.1. The molecule has 5 heterocycles. The van der Waals surface area contributed by atoms with Gasteiger partial charge in [0, 0.05) is 54.4 Å². The van der Waals surface area contributed by atoms with Crippen molar-refractivity contribution in [1.82, 2.24) is 20.2 Å². The van der Waals surface area contributed by atoms with Gasteiger partial charge in [0.2, 0.25) is 0 Å². The highest BCUT2D eigenvalue weighted by Crippen LogP contribution is 2.36. The maximum Gasteiger partial charge on any atom is 0.318 e. The van der Waals surface area contributed by atoms with Gasteiger partial charge >= 0.3 is 6.01 Å². The average Bonchev–Trinajstić information content (AvgIpc) is 3.49. The number of benzene rings is 2. The molecule has 2 aromatic carbocycles. The summed E-state index contributed by atoms with van der Waals surface area (Å²) in [7, 11) is 2.20. The van der Waals surface area contributed by atoms with E-state index in [-0.39, 0.29) is 0 Å². The summed E-state index contributed by atoms with van der Waals surface area (Å²) in [4.78, 5) is 17.6. The summed E-state index contributed by atoms with van der Waals surface area (Å²) in [5, 5.41) is 6.42. The predicted molar refractivity (Wildman–Crippen MR) is 149 cm³/mol. The fraction of sp³-hybridized carbons (Fsp3) is 0.533. The topological polar surface area (TPSA) is 56.8 Å².